The second-order valence-corrected chi connectivity index (χ2v) is 7.32. The van der Waals surface area contributed by atoms with Crippen molar-refractivity contribution in [2.45, 2.75) is 31.9 Å². The average Bonchev–Trinajstić information content (AvgIpc) is 3.23. The smallest absolute Gasteiger partial charge is 0.317 e. The fraction of sp³-hybridized carbons (Fsp3) is 0.933. The first-order chi connectivity index (χ1) is 10.1. The minimum atomic E-state index is 0.0506. The van der Waals surface area contributed by atoms with Crippen LogP contribution >= 0.6 is 11.8 Å². The normalized spacial score (nSPS) is 24.2. The molecule has 2 fully saturated rings. The van der Waals surface area contributed by atoms with Crippen LogP contribution in [0.25, 0.3) is 0 Å². The number of nitrogens with one attached hydrogen (secondary N) is 1. The van der Waals surface area contributed by atoms with Crippen LogP contribution in [-0.2, 0) is 4.74 Å². The van der Waals surface area contributed by atoms with E-state index in [0.29, 0.717) is 19.7 Å². The van der Waals surface area contributed by atoms with Crippen LogP contribution in [0.2, 0.25) is 0 Å². The molecule has 2 atom stereocenters. The Morgan fingerprint density at radius 3 is 2.90 bits per heavy atom. The molecule has 0 aromatic rings. The number of nitrogens with zero attached hydrogens (tertiary/aromatic N) is 2. The number of carbonyl (C=O) groups excluding carboxylic acids is 1. The molecule has 1 saturated carbocycles. The average molecular weight is 315 g/mol. The Kier molecular flexibility index (Phi) is 6.64. The van der Waals surface area contributed by atoms with Crippen molar-refractivity contribution in [3.05, 3.63) is 0 Å². The molecule has 21 heavy (non-hydrogen) atoms. The summed E-state index contributed by atoms with van der Waals surface area (Å²) in [6.07, 6.45) is 4.95. The lowest BCUT2D eigenvalue weighted by atomic mass is 10.2. The summed E-state index contributed by atoms with van der Waals surface area (Å²) in [7, 11) is 2.15. The summed E-state index contributed by atoms with van der Waals surface area (Å²) in [6.45, 7) is 6.17. The van der Waals surface area contributed by atoms with Gasteiger partial charge in [-0.3, -0.25) is 0 Å². The van der Waals surface area contributed by atoms with Gasteiger partial charge in [0.15, 0.2) is 0 Å². The van der Waals surface area contributed by atoms with E-state index in [1.54, 1.807) is 11.8 Å². The Hall–Kier alpha value is -0.460. The zero-order valence-corrected chi connectivity index (χ0v) is 14.3. The van der Waals surface area contributed by atoms with Gasteiger partial charge in [-0.25, -0.2) is 4.79 Å². The molecule has 0 spiro atoms. The van der Waals surface area contributed by atoms with Gasteiger partial charge in [-0.2, -0.15) is 11.8 Å². The van der Waals surface area contributed by atoms with E-state index in [1.165, 1.54) is 12.8 Å². The molecule has 5 nitrogen and oxygen atoms in total. The van der Waals surface area contributed by atoms with E-state index in [2.05, 4.69) is 30.4 Å². The second kappa shape index (κ2) is 8.25. The van der Waals surface area contributed by atoms with E-state index in [4.69, 9.17) is 4.74 Å². The third-order valence-corrected chi connectivity index (χ3v) is 4.83. The Morgan fingerprint density at radius 1 is 1.48 bits per heavy atom. The molecule has 0 radical (unpaired) electrons. The predicted molar refractivity (Wildman–Crippen MR) is 87.9 cm³/mol. The molecule has 0 unspecified atom stereocenters. The maximum absolute atomic E-state index is 12.2. The van der Waals surface area contributed by atoms with Gasteiger partial charge < -0.3 is 19.9 Å². The largest absolute Gasteiger partial charge is 0.373 e. The maximum atomic E-state index is 12.2. The van der Waals surface area contributed by atoms with Gasteiger partial charge in [0.25, 0.3) is 0 Å². The van der Waals surface area contributed by atoms with Crippen LogP contribution in [0, 0.1) is 5.92 Å². The fourth-order valence-electron chi connectivity index (χ4n) is 2.77. The minimum Gasteiger partial charge on any atom is -0.373 e. The first kappa shape index (κ1) is 16.9. The summed E-state index contributed by atoms with van der Waals surface area (Å²) in [5.74, 6) is 1.84. The van der Waals surface area contributed by atoms with Crippen molar-refractivity contribution in [1.29, 1.82) is 0 Å². The quantitative estimate of drug-likeness (QED) is 0.773. The Labute approximate surface area is 132 Å². The fourth-order valence-corrected chi connectivity index (χ4v) is 3.35. The molecule has 0 aromatic heterocycles. The highest BCUT2D eigenvalue weighted by atomic mass is 32.2. The van der Waals surface area contributed by atoms with E-state index in [0.717, 1.165) is 24.8 Å². The monoisotopic (exact) mass is 315 g/mol. The zero-order chi connectivity index (χ0) is 15.2. The molecule has 2 aliphatic rings. The highest BCUT2D eigenvalue weighted by Gasteiger charge is 2.28. The molecule has 2 rings (SSSR count). The predicted octanol–water partition coefficient (Wildman–Crippen LogP) is 1.49. The van der Waals surface area contributed by atoms with Crippen molar-refractivity contribution in [2.24, 2.45) is 5.92 Å². The van der Waals surface area contributed by atoms with Crippen LogP contribution in [0.5, 0.6) is 0 Å². The van der Waals surface area contributed by atoms with E-state index < -0.39 is 0 Å². The summed E-state index contributed by atoms with van der Waals surface area (Å²) in [5, 5.41) is 3.06. The Balaban J connectivity index is 1.72. The van der Waals surface area contributed by atoms with Gasteiger partial charge in [0.05, 0.1) is 12.7 Å². The van der Waals surface area contributed by atoms with E-state index >= 15 is 0 Å². The van der Waals surface area contributed by atoms with E-state index in [-0.39, 0.29) is 18.2 Å². The second-order valence-electron chi connectivity index (χ2n) is 6.41. The van der Waals surface area contributed by atoms with Crippen LogP contribution in [0.3, 0.4) is 0 Å². The molecule has 1 saturated heterocycles. The van der Waals surface area contributed by atoms with E-state index in [1.807, 2.05) is 4.90 Å². The maximum Gasteiger partial charge on any atom is 0.317 e. The molecule has 1 heterocycles. The molecule has 0 bridgehead atoms. The van der Waals surface area contributed by atoms with Gasteiger partial charge in [-0.1, -0.05) is 0 Å². The third kappa shape index (κ3) is 6.04. The summed E-state index contributed by atoms with van der Waals surface area (Å²) >= 11 is 1.75. The lowest BCUT2D eigenvalue weighted by molar-refractivity contribution is -0.0279. The Bertz CT molecular complexity index is 339. The molecule has 1 aliphatic heterocycles. The highest BCUT2D eigenvalue weighted by molar-refractivity contribution is 7.98. The highest BCUT2D eigenvalue weighted by Crippen LogP contribution is 2.29. The van der Waals surface area contributed by atoms with Crippen molar-refractivity contribution in [2.75, 3.05) is 51.8 Å². The molecule has 1 aliphatic carbocycles. The van der Waals surface area contributed by atoms with Gasteiger partial charge >= 0.3 is 6.03 Å². The molecular weight excluding hydrogens is 286 g/mol. The topological polar surface area (TPSA) is 44.8 Å². The summed E-state index contributed by atoms with van der Waals surface area (Å²) in [4.78, 5) is 16.5. The van der Waals surface area contributed by atoms with Gasteiger partial charge in [0.1, 0.15) is 0 Å². The number of likely N-dealkylation sites (N-methyl/N-ethyl adjacent to an activating group) is 1. The van der Waals surface area contributed by atoms with Gasteiger partial charge in [0.2, 0.25) is 0 Å². The van der Waals surface area contributed by atoms with Crippen LogP contribution in [0.15, 0.2) is 0 Å². The van der Waals surface area contributed by atoms with Gasteiger partial charge in [0, 0.05) is 38.0 Å². The van der Waals surface area contributed by atoms with Crippen molar-refractivity contribution in [3.63, 3.8) is 0 Å². The van der Waals surface area contributed by atoms with Crippen molar-refractivity contribution in [1.82, 2.24) is 15.1 Å². The molecule has 2 amide bonds. The van der Waals surface area contributed by atoms with Gasteiger partial charge in [-0.05, 0) is 39.0 Å². The number of rotatable bonds is 7. The summed E-state index contributed by atoms with van der Waals surface area (Å²) in [5.41, 5.74) is 0. The first-order valence-corrected chi connectivity index (χ1v) is 9.32. The van der Waals surface area contributed by atoms with Crippen LogP contribution < -0.4 is 5.32 Å². The number of carbonyl (C=O) groups is 1. The number of ether oxygens (including phenoxy) is 1. The van der Waals surface area contributed by atoms with Crippen molar-refractivity contribution < 1.29 is 9.53 Å². The van der Waals surface area contributed by atoms with Crippen LogP contribution in [0.4, 0.5) is 4.79 Å². The third-order valence-electron chi connectivity index (χ3n) is 3.99. The number of urea groups is 1. The zero-order valence-electron chi connectivity index (χ0n) is 13.5. The number of hydrogen-bond donors (Lipinski definition) is 1. The van der Waals surface area contributed by atoms with Crippen molar-refractivity contribution >= 4 is 17.8 Å². The molecule has 0 aromatic carbocycles. The van der Waals surface area contributed by atoms with Crippen LogP contribution in [-0.4, -0.2) is 79.8 Å². The summed E-state index contributed by atoms with van der Waals surface area (Å²) in [6, 6.07) is 0.265. The van der Waals surface area contributed by atoms with E-state index in [9.17, 15) is 4.79 Å². The number of hydrogen-bond acceptors (Lipinski definition) is 4. The van der Waals surface area contributed by atoms with Crippen molar-refractivity contribution in [3.8, 4) is 0 Å². The molecule has 6 heteroatoms. The molecule has 1 N–H and O–H groups in total. The van der Waals surface area contributed by atoms with Crippen LogP contribution in [0.1, 0.15) is 19.8 Å². The number of morpholine rings is 1. The SMILES string of the molecule is CSC[C@@H](C)NC(=O)N1CCO[C@H](CN(C)CC2CC2)C1. The van der Waals surface area contributed by atoms with Gasteiger partial charge in [-0.15, -0.1) is 0 Å². The molecule has 122 valence electrons. The lowest BCUT2D eigenvalue weighted by Crippen LogP contribution is -2.53. The first-order valence-electron chi connectivity index (χ1n) is 7.93. The number of thioether (sulfide) groups is 1. The number of amides is 2. The minimum absolute atomic E-state index is 0.0506. The standard InChI is InChI=1S/C15H29N3O2S/c1-12(11-21-3)16-15(19)18-6-7-20-14(10-18)9-17(2)8-13-4-5-13/h12-14H,4-11H2,1-3H3,(H,16,19)/t12-,14-/m1/s1. The molecular formula is C15H29N3O2S. The summed E-state index contributed by atoms with van der Waals surface area (Å²) < 4.78 is 5.82. The lowest BCUT2D eigenvalue weighted by Gasteiger charge is -2.35. The Morgan fingerprint density at radius 2 is 2.24 bits per heavy atom.